The largest absolute Gasteiger partial charge is 0.314 e. The van der Waals surface area contributed by atoms with E-state index in [1.807, 2.05) is 6.07 Å². The summed E-state index contributed by atoms with van der Waals surface area (Å²) in [4.78, 5) is 0. The molecule has 2 aromatic rings. The highest BCUT2D eigenvalue weighted by Gasteiger charge is 2.20. The second kappa shape index (κ2) is 6.14. The molecule has 0 spiro atoms. The standard InChI is InChI=1S/C14H18BrN3/c1-3-12(11-8-6-5-7-9-11)14-17-16-13(10-15)18(14)4-2/h5-9,12H,3-4,10H2,1-2H3. The smallest absolute Gasteiger partial charge is 0.143 e. The summed E-state index contributed by atoms with van der Waals surface area (Å²) in [7, 11) is 0. The molecule has 18 heavy (non-hydrogen) atoms. The molecule has 1 aromatic heterocycles. The first kappa shape index (κ1) is 13.3. The van der Waals surface area contributed by atoms with Crippen molar-refractivity contribution in [3.05, 3.63) is 47.5 Å². The molecule has 0 radical (unpaired) electrons. The summed E-state index contributed by atoms with van der Waals surface area (Å²) in [5, 5.41) is 9.40. The molecule has 0 N–H and O–H groups in total. The highest BCUT2D eigenvalue weighted by Crippen LogP contribution is 2.27. The van der Waals surface area contributed by atoms with Gasteiger partial charge in [0.05, 0.1) is 5.33 Å². The topological polar surface area (TPSA) is 30.7 Å². The molecule has 0 bridgehead atoms. The minimum absolute atomic E-state index is 0.325. The first-order valence-corrected chi connectivity index (χ1v) is 7.46. The van der Waals surface area contributed by atoms with E-state index < -0.39 is 0 Å². The molecular weight excluding hydrogens is 290 g/mol. The van der Waals surface area contributed by atoms with Gasteiger partial charge in [0.25, 0.3) is 0 Å². The summed E-state index contributed by atoms with van der Waals surface area (Å²) in [6.45, 7) is 5.24. The van der Waals surface area contributed by atoms with Crippen molar-refractivity contribution < 1.29 is 0 Å². The quantitative estimate of drug-likeness (QED) is 0.788. The molecule has 0 saturated carbocycles. The minimum atomic E-state index is 0.325. The molecule has 96 valence electrons. The lowest BCUT2D eigenvalue weighted by Gasteiger charge is -2.16. The second-order valence-corrected chi connectivity index (χ2v) is 4.78. The van der Waals surface area contributed by atoms with Crippen LogP contribution in [0, 0.1) is 0 Å². The Hall–Kier alpha value is -1.16. The van der Waals surface area contributed by atoms with E-state index in [4.69, 9.17) is 0 Å². The van der Waals surface area contributed by atoms with Crippen LogP contribution in [0.1, 0.15) is 43.4 Å². The molecule has 1 unspecified atom stereocenters. The molecule has 4 heteroatoms. The molecule has 1 atom stereocenters. The van der Waals surface area contributed by atoms with Crippen molar-refractivity contribution in [2.75, 3.05) is 0 Å². The fraction of sp³-hybridized carbons (Fsp3) is 0.429. The maximum atomic E-state index is 4.39. The van der Waals surface area contributed by atoms with Gasteiger partial charge in [-0.25, -0.2) is 0 Å². The maximum absolute atomic E-state index is 4.39. The fourth-order valence-corrected chi connectivity index (χ4v) is 2.72. The molecule has 1 aromatic carbocycles. The molecule has 0 saturated heterocycles. The Morgan fingerprint density at radius 1 is 1.17 bits per heavy atom. The average Bonchev–Trinajstić information content (AvgIpc) is 2.83. The maximum Gasteiger partial charge on any atom is 0.143 e. The summed E-state index contributed by atoms with van der Waals surface area (Å²) in [6, 6.07) is 10.5. The lowest BCUT2D eigenvalue weighted by atomic mass is 9.95. The van der Waals surface area contributed by atoms with Crippen molar-refractivity contribution in [2.45, 2.75) is 38.1 Å². The van der Waals surface area contributed by atoms with Gasteiger partial charge >= 0.3 is 0 Å². The van der Waals surface area contributed by atoms with Gasteiger partial charge in [0.2, 0.25) is 0 Å². The van der Waals surface area contributed by atoms with Gasteiger partial charge in [-0.05, 0) is 18.9 Å². The summed E-state index contributed by atoms with van der Waals surface area (Å²) < 4.78 is 2.20. The van der Waals surface area contributed by atoms with Crippen molar-refractivity contribution in [3.63, 3.8) is 0 Å². The molecular formula is C14H18BrN3. The Balaban J connectivity index is 2.42. The van der Waals surface area contributed by atoms with Gasteiger partial charge in [0.1, 0.15) is 11.6 Å². The monoisotopic (exact) mass is 307 g/mol. The molecule has 0 aliphatic carbocycles. The van der Waals surface area contributed by atoms with Crippen molar-refractivity contribution in [3.8, 4) is 0 Å². The van der Waals surface area contributed by atoms with Gasteiger partial charge in [-0.3, -0.25) is 0 Å². The molecule has 3 nitrogen and oxygen atoms in total. The highest BCUT2D eigenvalue weighted by atomic mass is 79.9. The zero-order valence-electron chi connectivity index (χ0n) is 10.8. The molecule has 0 amide bonds. The van der Waals surface area contributed by atoms with Gasteiger partial charge < -0.3 is 4.57 Å². The Labute approximate surface area is 116 Å². The predicted octanol–water partition coefficient (Wildman–Crippen LogP) is 3.73. The number of aromatic nitrogens is 3. The Bertz CT molecular complexity index is 493. The highest BCUT2D eigenvalue weighted by molar-refractivity contribution is 9.08. The van der Waals surface area contributed by atoms with Crippen LogP contribution in [-0.2, 0) is 11.9 Å². The Morgan fingerprint density at radius 2 is 1.89 bits per heavy atom. The van der Waals surface area contributed by atoms with Gasteiger partial charge in [-0.2, -0.15) is 0 Å². The zero-order valence-corrected chi connectivity index (χ0v) is 12.4. The van der Waals surface area contributed by atoms with E-state index in [0.29, 0.717) is 5.92 Å². The molecule has 1 heterocycles. The van der Waals surface area contributed by atoms with Gasteiger partial charge in [0.15, 0.2) is 0 Å². The third-order valence-electron chi connectivity index (χ3n) is 3.21. The predicted molar refractivity (Wildman–Crippen MR) is 76.9 cm³/mol. The van der Waals surface area contributed by atoms with Crippen LogP contribution in [0.15, 0.2) is 30.3 Å². The number of nitrogens with zero attached hydrogens (tertiary/aromatic N) is 3. The minimum Gasteiger partial charge on any atom is -0.314 e. The number of hydrogen-bond acceptors (Lipinski definition) is 2. The number of rotatable bonds is 5. The van der Waals surface area contributed by atoms with E-state index in [-0.39, 0.29) is 0 Å². The Morgan fingerprint density at radius 3 is 2.44 bits per heavy atom. The number of hydrogen-bond donors (Lipinski definition) is 0. The van der Waals surface area contributed by atoms with Crippen LogP contribution in [0.5, 0.6) is 0 Å². The van der Waals surface area contributed by atoms with E-state index in [2.05, 4.69) is 68.8 Å². The van der Waals surface area contributed by atoms with E-state index in [9.17, 15) is 0 Å². The first-order valence-electron chi connectivity index (χ1n) is 6.34. The SMILES string of the molecule is CCC(c1ccccc1)c1nnc(CBr)n1CC. The first-order chi connectivity index (χ1) is 8.81. The number of halogens is 1. The van der Waals surface area contributed by atoms with Crippen molar-refractivity contribution in [1.29, 1.82) is 0 Å². The summed E-state index contributed by atoms with van der Waals surface area (Å²) in [6.07, 6.45) is 1.03. The average molecular weight is 308 g/mol. The summed E-state index contributed by atoms with van der Waals surface area (Å²) >= 11 is 3.47. The van der Waals surface area contributed by atoms with Crippen molar-refractivity contribution in [1.82, 2.24) is 14.8 Å². The van der Waals surface area contributed by atoms with Crippen LogP contribution in [0.4, 0.5) is 0 Å². The lowest BCUT2D eigenvalue weighted by molar-refractivity contribution is 0.620. The normalized spacial score (nSPS) is 12.6. The van der Waals surface area contributed by atoms with Crippen LogP contribution >= 0.6 is 15.9 Å². The Kier molecular flexibility index (Phi) is 4.53. The zero-order chi connectivity index (χ0) is 13.0. The fourth-order valence-electron chi connectivity index (χ4n) is 2.30. The van der Waals surface area contributed by atoms with Crippen molar-refractivity contribution >= 4 is 15.9 Å². The van der Waals surface area contributed by atoms with Crippen LogP contribution in [0.25, 0.3) is 0 Å². The van der Waals surface area contributed by atoms with E-state index in [1.54, 1.807) is 0 Å². The van der Waals surface area contributed by atoms with Crippen LogP contribution in [0.2, 0.25) is 0 Å². The summed E-state index contributed by atoms with van der Waals surface area (Å²) in [5.74, 6) is 2.40. The van der Waals surface area contributed by atoms with E-state index in [0.717, 1.165) is 29.9 Å². The molecule has 0 aliphatic heterocycles. The van der Waals surface area contributed by atoms with E-state index >= 15 is 0 Å². The molecule has 2 rings (SSSR count). The summed E-state index contributed by atoms with van der Waals surface area (Å²) in [5.41, 5.74) is 1.31. The van der Waals surface area contributed by atoms with Crippen LogP contribution < -0.4 is 0 Å². The third-order valence-corrected chi connectivity index (χ3v) is 3.72. The lowest BCUT2D eigenvalue weighted by Crippen LogP contribution is -2.10. The molecule has 0 fully saturated rings. The third kappa shape index (κ3) is 2.48. The number of benzene rings is 1. The molecule has 0 aliphatic rings. The van der Waals surface area contributed by atoms with Gasteiger partial charge in [-0.15, -0.1) is 10.2 Å². The van der Waals surface area contributed by atoms with Crippen LogP contribution in [-0.4, -0.2) is 14.8 Å². The van der Waals surface area contributed by atoms with Gasteiger partial charge in [-0.1, -0.05) is 53.2 Å². The second-order valence-electron chi connectivity index (χ2n) is 4.22. The van der Waals surface area contributed by atoms with Gasteiger partial charge in [0, 0.05) is 12.5 Å². The number of alkyl halides is 1. The van der Waals surface area contributed by atoms with Crippen LogP contribution in [0.3, 0.4) is 0 Å². The van der Waals surface area contributed by atoms with Crippen molar-refractivity contribution in [2.24, 2.45) is 0 Å². The van der Waals surface area contributed by atoms with E-state index in [1.165, 1.54) is 5.56 Å².